The highest BCUT2D eigenvalue weighted by atomic mass is 16.4. The van der Waals surface area contributed by atoms with Crippen molar-refractivity contribution in [1.82, 2.24) is 9.55 Å². The van der Waals surface area contributed by atoms with Gasteiger partial charge in [0.1, 0.15) is 0 Å². The summed E-state index contributed by atoms with van der Waals surface area (Å²) in [5.74, 6) is -0.733. The average molecular weight is 221 g/mol. The second-order valence-electron chi connectivity index (χ2n) is 3.35. The van der Waals surface area contributed by atoms with E-state index in [0.717, 1.165) is 5.52 Å². The number of hydrogen-bond donors (Lipinski definition) is 3. The predicted octanol–water partition coefficient (Wildman–Crippen LogP) is 0.309. The molecule has 16 heavy (non-hydrogen) atoms. The molecule has 1 aromatic carbocycles. The van der Waals surface area contributed by atoms with E-state index in [1.807, 2.05) is 0 Å². The van der Waals surface area contributed by atoms with Crippen LogP contribution in [0.5, 0.6) is 0 Å². The number of hydrogen-bond acceptors (Lipinski definition) is 4. The van der Waals surface area contributed by atoms with Gasteiger partial charge in [-0.2, -0.15) is 0 Å². The number of carboxylic acids is 1. The smallest absolute Gasteiger partial charge is 0.335 e. The van der Waals surface area contributed by atoms with Gasteiger partial charge in [-0.15, -0.1) is 0 Å². The molecule has 0 spiro atoms. The Hall–Kier alpha value is -2.08. The van der Waals surface area contributed by atoms with Crippen LogP contribution in [0.25, 0.3) is 11.0 Å². The van der Waals surface area contributed by atoms with E-state index in [9.17, 15) is 4.79 Å². The van der Waals surface area contributed by atoms with E-state index in [4.69, 9.17) is 15.9 Å². The van der Waals surface area contributed by atoms with Gasteiger partial charge in [0.2, 0.25) is 5.95 Å². The van der Waals surface area contributed by atoms with Crippen LogP contribution in [0.3, 0.4) is 0 Å². The number of nitrogen functional groups attached to an aromatic ring is 1. The van der Waals surface area contributed by atoms with Gasteiger partial charge in [0.15, 0.2) is 0 Å². The predicted molar refractivity (Wildman–Crippen MR) is 58.2 cm³/mol. The number of carboxylic acid groups (broad SMARTS) is 1. The quantitative estimate of drug-likeness (QED) is 0.692. The van der Waals surface area contributed by atoms with Gasteiger partial charge in [0.25, 0.3) is 0 Å². The summed E-state index contributed by atoms with van der Waals surface area (Å²) in [6.07, 6.45) is 0. The van der Waals surface area contributed by atoms with Gasteiger partial charge in [0, 0.05) is 6.54 Å². The number of rotatable bonds is 3. The second kappa shape index (κ2) is 3.82. The van der Waals surface area contributed by atoms with Crippen LogP contribution in [0, 0.1) is 0 Å². The molecule has 0 aliphatic heterocycles. The first-order valence-corrected chi connectivity index (χ1v) is 4.73. The zero-order valence-electron chi connectivity index (χ0n) is 8.42. The molecule has 0 atom stereocenters. The van der Waals surface area contributed by atoms with E-state index in [1.165, 1.54) is 12.1 Å². The summed E-state index contributed by atoms with van der Waals surface area (Å²) >= 11 is 0. The van der Waals surface area contributed by atoms with Crippen molar-refractivity contribution in [1.29, 1.82) is 0 Å². The number of benzene rings is 1. The molecule has 0 bridgehead atoms. The standard InChI is InChI=1S/C10H11N3O3/c11-10-12-7-5-6(9(15)16)1-2-8(7)13(10)3-4-14/h1-2,5,14H,3-4H2,(H2,11,12)(H,15,16). The Kier molecular flexibility index (Phi) is 2.49. The summed E-state index contributed by atoms with van der Waals surface area (Å²) in [6.45, 7) is 0.297. The Bertz CT molecular complexity index is 547. The Balaban J connectivity index is 2.60. The molecule has 2 rings (SSSR count). The van der Waals surface area contributed by atoms with E-state index in [0.29, 0.717) is 12.1 Å². The lowest BCUT2D eigenvalue weighted by Crippen LogP contribution is -2.06. The summed E-state index contributed by atoms with van der Waals surface area (Å²) < 4.78 is 1.64. The van der Waals surface area contributed by atoms with E-state index in [2.05, 4.69) is 4.98 Å². The van der Waals surface area contributed by atoms with Gasteiger partial charge in [0.05, 0.1) is 23.2 Å². The molecule has 1 heterocycles. The normalized spacial score (nSPS) is 10.8. The third-order valence-corrected chi connectivity index (χ3v) is 2.35. The minimum atomic E-state index is -1.00. The van der Waals surface area contributed by atoms with Crippen LogP contribution in [-0.4, -0.2) is 32.3 Å². The minimum absolute atomic E-state index is 0.0453. The SMILES string of the molecule is Nc1nc2cc(C(=O)O)ccc2n1CCO. The Morgan fingerprint density at radius 3 is 2.88 bits per heavy atom. The van der Waals surface area contributed by atoms with Crippen molar-refractivity contribution >= 4 is 23.0 Å². The van der Waals surface area contributed by atoms with Crippen molar-refractivity contribution in [3.63, 3.8) is 0 Å². The fourth-order valence-electron chi connectivity index (χ4n) is 1.62. The van der Waals surface area contributed by atoms with Gasteiger partial charge in [-0.25, -0.2) is 9.78 Å². The molecule has 0 radical (unpaired) electrons. The molecule has 0 unspecified atom stereocenters. The summed E-state index contributed by atoms with van der Waals surface area (Å²) in [5.41, 5.74) is 7.06. The number of nitrogens with two attached hydrogens (primary N) is 1. The summed E-state index contributed by atoms with van der Waals surface area (Å²) in [7, 11) is 0. The Morgan fingerprint density at radius 1 is 1.50 bits per heavy atom. The van der Waals surface area contributed by atoms with Gasteiger partial charge in [-0.1, -0.05) is 0 Å². The van der Waals surface area contributed by atoms with Crippen molar-refractivity contribution in [2.75, 3.05) is 12.3 Å². The van der Waals surface area contributed by atoms with Crippen LogP contribution in [0.1, 0.15) is 10.4 Å². The molecular weight excluding hydrogens is 210 g/mol. The van der Waals surface area contributed by atoms with Crippen LogP contribution in [0.4, 0.5) is 5.95 Å². The van der Waals surface area contributed by atoms with Crippen molar-refractivity contribution in [2.24, 2.45) is 0 Å². The van der Waals surface area contributed by atoms with Crippen molar-refractivity contribution < 1.29 is 15.0 Å². The van der Waals surface area contributed by atoms with Gasteiger partial charge in [-0.05, 0) is 18.2 Å². The molecule has 0 amide bonds. The maximum atomic E-state index is 10.8. The molecule has 6 heteroatoms. The van der Waals surface area contributed by atoms with E-state index in [1.54, 1.807) is 10.6 Å². The lowest BCUT2D eigenvalue weighted by atomic mass is 10.2. The molecule has 0 aliphatic rings. The van der Waals surface area contributed by atoms with Crippen molar-refractivity contribution in [2.45, 2.75) is 6.54 Å². The monoisotopic (exact) mass is 221 g/mol. The first-order valence-electron chi connectivity index (χ1n) is 4.73. The fraction of sp³-hybridized carbons (Fsp3) is 0.200. The highest BCUT2D eigenvalue weighted by Gasteiger charge is 2.10. The molecule has 6 nitrogen and oxygen atoms in total. The number of imidazole rings is 1. The van der Waals surface area contributed by atoms with Gasteiger partial charge >= 0.3 is 5.97 Å². The number of aromatic nitrogens is 2. The summed E-state index contributed by atoms with van der Waals surface area (Å²) in [6, 6.07) is 4.58. The molecule has 0 aliphatic carbocycles. The summed E-state index contributed by atoms with van der Waals surface area (Å²) in [4.78, 5) is 14.8. The van der Waals surface area contributed by atoms with E-state index < -0.39 is 5.97 Å². The van der Waals surface area contributed by atoms with Crippen molar-refractivity contribution in [3.05, 3.63) is 23.8 Å². The molecule has 0 fully saturated rings. The zero-order chi connectivity index (χ0) is 11.7. The topological polar surface area (TPSA) is 101 Å². The van der Waals surface area contributed by atoms with Gasteiger partial charge in [-0.3, -0.25) is 0 Å². The number of aromatic carboxylic acids is 1. The largest absolute Gasteiger partial charge is 0.478 e. The second-order valence-corrected chi connectivity index (χ2v) is 3.35. The maximum Gasteiger partial charge on any atom is 0.335 e. The zero-order valence-corrected chi connectivity index (χ0v) is 8.42. The number of nitrogens with zero attached hydrogens (tertiary/aromatic N) is 2. The minimum Gasteiger partial charge on any atom is -0.478 e. The number of fused-ring (bicyclic) bond motifs is 1. The lowest BCUT2D eigenvalue weighted by molar-refractivity contribution is 0.0697. The molecule has 0 saturated carbocycles. The van der Waals surface area contributed by atoms with Crippen LogP contribution >= 0.6 is 0 Å². The molecule has 1 aromatic heterocycles. The highest BCUT2D eigenvalue weighted by molar-refractivity contribution is 5.92. The molecule has 0 saturated heterocycles. The van der Waals surface area contributed by atoms with E-state index in [-0.39, 0.29) is 18.1 Å². The molecule has 4 N–H and O–H groups in total. The number of aliphatic hydroxyl groups excluding tert-OH is 1. The van der Waals surface area contributed by atoms with Crippen LogP contribution in [-0.2, 0) is 6.54 Å². The lowest BCUT2D eigenvalue weighted by Gasteiger charge is -2.02. The number of carbonyl (C=O) groups is 1. The Morgan fingerprint density at radius 2 is 2.25 bits per heavy atom. The third kappa shape index (κ3) is 1.59. The number of aliphatic hydroxyl groups is 1. The molecule has 84 valence electrons. The first kappa shape index (κ1) is 10.4. The van der Waals surface area contributed by atoms with E-state index >= 15 is 0 Å². The first-order chi connectivity index (χ1) is 7.63. The third-order valence-electron chi connectivity index (χ3n) is 2.35. The fourth-order valence-corrected chi connectivity index (χ4v) is 1.62. The Labute approximate surface area is 90.9 Å². The summed E-state index contributed by atoms with van der Waals surface area (Å²) in [5, 5.41) is 17.7. The van der Waals surface area contributed by atoms with Crippen LogP contribution in [0.15, 0.2) is 18.2 Å². The van der Waals surface area contributed by atoms with Gasteiger partial charge < -0.3 is 20.5 Å². The average Bonchev–Trinajstić information content (AvgIpc) is 2.55. The highest BCUT2D eigenvalue weighted by Crippen LogP contribution is 2.19. The molecular formula is C10H11N3O3. The van der Waals surface area contributed by atoms with Crippen molar-refractivity contribution in [3.8, 4) is 0 Å². The van der Waals surface area contributed by atoms with Crippen LogP contribution < -0.4 is 5.73 Å². The molecule has 2 aromatic rings. The van der Waals surface area contributed by atoms with Crippen LogP contribution in [0.2, 0.25) is 0 Å². The number of anilines is 1. The maximum absolute atomic E-state index is 10.8.